The zero-order valence-corrected chi connectivity index (χ0v) is 11.9. The molecule has 2 rings (SSSR count). The minimum atomic E-state index is -0.262. The van der Waals surface area contributed by atoms with Crippen molar-refractivity contribution in [1.82, 2.24) is 9.78 Å². The van der Waals surface area contributed by atoms with E-state index in [2.05, 4.69) is 32.8 Å². The molecule has 1 atom stereocenters. The first-order valence-corrected chi connectivity index (χ1v) is 6.53. The predicted molar refractivity (Wildman–Crippen MR) is 69.7 cm³/mol. The van der Waals surface area contributed by atoms with Gasteiger partial charge in [-0.05, 0) is 27.7 Å². The van der Waals surface area contributed by atoms with Crippen molar-refractivity contribution in [3.8, 4) is 0 Å². The summed E-state index contributed by atoms with van der Waals surface area (Å²) in [4.78, 5) is 11.6. The van der Waals surface area contributed by atoms with Gasteiger partial charge in [0, 0.05) is 19.0 Å². The van der Waals surface area contributed by atoms with Crippen LogP contribution in [0.25, 0.3) is 0 Å². The van der Waals surface area contributed by atoms with Crippen molar-refractivity contribution in [2.45, 2.75) is 64.7 Å². The standard InChI is InChI=1S/C14H22N2O2/c1-6-11(17)10-8-15-16(9-10)12-7-13(2,3)18-14(12,4)5/h8-9,12H,6-7H2,1-5H3. The van der Waals surface area contributed by atoms with Gasteiger partial charge in [-0.3, -0.25) is 9.48 Å². The maximum absolute atomic E-state index is 11.6. The number of carbonyl (C=O) groups excluding carboxylic acids is 1. The van der Waals surface area contributed by atoms with E-state index in [1.54, 1.807) is 6.20 Å². The molecule has 0 bridgehead atoms. The molecule has 100 valence electrons. The van der Waals surface area contributed by atoms with Crippen molar-refractivity contribution in [2.24, 2.45) is 0 Å². The summed E-state index contributed by atoms with van der Waals surface area (Å²) in [6, 6.07) is 0.172. The molecule has 0 aliphatic carbocycles. The molecule has 4 heteroatoms. The lowest BCUT2D eigenvalue weighted by Crippen LogP contribution is -2.31. The van der Waals surface area contributed by atoms with E-state index in [9.17, 15) is 4.79 Å². The maximum Gasteiger partial charge on any atom is 0.165 e. The van der Waals surface area contributed by atoms with Crippen LogP contribution in [0.1, 0.15) is 63.9 Å². The Bertz CT molecular complexity index is 460. The van der Waals surface area contributed by atoms with Crippen LogP contribution < -0.4 is 0 Å². The van der Waals surface area contributed by atoms with Crippen molar-refractivity contribution in [3.63, 3.8) is 0 Å². The highest BCUT2D eigenvalue weighted by Crippen LogP contribution is 2.44. The van der Waals surface area contributed by atoms with E-state index in [0.29, 0.717) is 12.0 Å². The van der Waals surface area contributed by atoms with Gasteiger partial charge < -0.3 is 4.74 Å². The van der Waals surface area contributed by atoms with Crippen molar-refractivity contribution in [3.05, 3.63) is 18.0 Å². The Morgan fingerprint density at radius 3 is 2.67 bits per heavy atom. The average Bonchev–Trinajstić information content (AvgIpc) is 2.79. The van der Waals surface area contributed by atoms with E-state index in [4.69, 9.17) is 4.74 Å². The van der Waals surface area contributed by atoms with Crippen LogP contribution in [0.15, 0.2) is 12.4 Å². The summed E-state index contributed by atoms with van der Waals surface area (Å²) in [5, 5.41) is 4.34. The van der Waals surface area contributed by atoms with Gasteiger partial charge in [-0.25, -0.2) is 0 Å². The van der Waals surface area contributed by atoms with Crippen molar-refractivity contribution in [1.29, 1.82) is 0 Å². The Morgan fingerprint density at radius 1 is 1.50 bits per heavy atom. The number of nitrogens with zero attached hydrogens (tertiary/aromatic N) is 2. The fourth-order valence-electron chi connectivity index (χ4n) is 2.80. The molecule has 4 nitrogen and oxygen atoms in total. The number of ketones is 1. The second-order valence-corrected chi connectivity index (χ2v) is 6.17. The Balaban J connectivity index is 2.27. The van der Waals surface area contributed by atoms with E-state index in [1.807, 2.05) is 17.8 Å². The van der Waals surface area contributed by atoms with Crippen molar-refractivity contribution < 1.29 is 9.53 Å². The van der Waals surface area contributed by atoms with Gasteiger partial charge >= 0.3 is 0 Å². The number of carbonyl (C=O) groups is 1. The van der Waals surface area contributed by atoms with E-state index in [1.165, 1.54) is 0 Å². The number of ether oxygens (including phenoxy) is 1. The molecular formula is C14H22N2O2. The Labute approximate surface area is 108 Å². The first-order chi connectivity index (χ1) is 8.25. The Morgan fingerprint density at radius 2 is 2.17 bits per heavy atom. The number of hydrogen-bond acceptors (Lipinski definition) is 3. The van der Waals surface area contributed by atoms with Crippen LogP contribution in [-0.4, -0.2) is 26.8 Å². The molecule has 0 amide bonds. The molecule has 0 N–H and O–H groups in total. The van der Waals surface area contributed by atoms with Crippen LogP contribution in [0, 0.1) is 0 Å². The topological polar surface area (TPSA) is 44.1 Å². The molecule has 0 spiro atoms. The Hall–Kier alpha value is -1.16. The largest absolute Gasteiger partial charge is 0.367 e. The van der Waals surface area contributed by atoms with Gasteiger partial charge in [-0.2, -0.15) is 5.10 Å². The monoisotopic (exact) mass is 250 g/mol. The second-order valence-electron chi connectivity index (χ2n) is 6.17. The number of aromatic nitrogens is 2. The summed E-state index contributed by atoms with van der Waals surface area (Å²) >= 11 is 0. The van der Waals surface area contributed by atoms with Gasteiger partial charge in [-0.15, -0.1) is 0 Å². The molecule has 0 radical (unpaired) electrons. The summed E-state index contributed by atoms with van der Waals surface area (Å²) < 4.78 is 7.94. The zero-order chi connectivity index (χ0) is 13.6. The van der Waals surface area contributed by atoms with Crippen LogP contribution in [-0.2, 0) is 4.74 Å². The molecule has 1 fully saturated rings. The smallest absolute Gasteiger partial charge is 0.165 e. The molecule has 0 aromatic carbocycles. The zero-order valence-electron chi connectivity index (χ0n) is 11.9. The number of hydrogen-bond donors (Lipinski definition) is 0. The van der Waals surface area contributed by atoms with Crippen LogP contribution in [0.5, 0.6) is 0 Å². The molecule has 1 aromatic heterocycles. The third kappa shape index (κ3) is 2.34. The fourth-order valence-corrected chi connectivity index (χ4v) is 2.80. The van der Waals surface area contributed by atoms with E-state index >= 15 is 0 Å². The lowest BCUT2D eigenvalue weighted by molar-refractivity contribution is -0.0737. The molecule has 1 aliphatic heterocycles. The first kappa shape index (κ1) is 13.3. The van der Waals surface area contributed by atoms with Crippen LogP contribution in [0.3, 0.4) is 0 Å². The summed E-state index contributed by atoms with van der Waals surface area (Å²) in [7, 11) is 0. The third-order valence-corrected chi connectivity index (χ3v) is 3.59. The normalized spacial score (nSPS) is 25.3. The van der Waals surface area contributed by atoms with Crippen LogP contribution in [0.4, 0.5) is 0 Å². The molecule has 1 saturated heterocycles. The fraction of sp³-hybridized carbons (Fsp3) is 0.714. The van der Waals surface area contributed by atoms with Gasteiger partial charge in [-0.1, -0.05) is 6.92 Å². The van der Waals surface area contributed by atoms with Crippen LogP contribution >= 0.6 is 0 Å². The SMILES string of the molecule is CCC(=O)c1cnn(C2CC(C)(C)OC2(C)C)c1. The maximum atomic E-state index is 11.6. The third-order valence-electron chi connectivity index (χ3n) is 3.59. The summed E-state index contributed by atoms with van der Waals surface area (Å²) in [5.74, 6) is 0.136. The minimum absolute atomic E-state index is 0.136. The average molecular weight is 250 g/mol. The highest BCUT2D eigenvalue weighted by molar-refractivity contribution is 5.95. The van der Waals surface area contributed by atoms with Gasteiger partial charge in [0.1, 0.15) is 0 Å². The highest BCUT2D eigenvalue weighted by atomic mass is 16.5. The lowest BCUT2D eigenvalue weighted by Gasteiger charge is -2.27. The lowest BCUT2D eigenvalue weighted by atomic mass is 9.95. The summed E-state index contributed by atoms with van der Waals surface area (Å²) in [5.41, 5.74) is 0.287. The van der Waals surface area contributed by atoms with E-state index in [0.717, 1.165) is 6.42 Å². The van der Waals surface area contributed by atoms with Gasteiger partial charge in [0.2, 0.25) is 0 Å². The van der Waals surface area contributed by atoms with Gasteiger partial charge in [0.15, 0.2) is 5.78 Å². The van der Waals surface area contributed by atoms with Gasteiger partial charge in [0.25, 0.3) is 0 Å². The molecule has 2 heterocycles. The molecule has 0 saturated carbocycles. The quantitative estimate of drug-likeness (QED) is 0.775. The summed E-state index contributed by atoms with van der Waals surface area (Å²) in [6.07, 6.45) is 4.93. The Kier molecular flexibility index (Phi) is 3.09. The molecule has 1 aromatic rings. The van der Waals surface area contributed by atoms with E-state index < -0.39 is 0 Å². The minimum Gasteiger partial charge on any atom is -0.367 e. The molecule has 18 heavy (non-hydrogen) atoms. The van der Waals surface area contributed by atoms with Gasteiger partial charge in [0.05, 0.1) is 29.0 Å². The molecule has 1 aliphatic rings. The predicted octanol–water partition coefficient (Wildman–Crippen LogP) is 2.99. The molecular weight excluding hydrogens is 228 g/mol. The first-order valence-electron chi connectivity index (χ1n) is 6.53. The number of Topliss-reactive ketones (excluding diaryl/α,β-unsaturated/α-hetero) is 1. The van der Waals surface area contributed by atoms with E-state index in [-0.39, 0.29) is 23.0 Å². The van der Waals surface area contributed by atoms with Crippen LogP contribution in [0.2, 0.25) is 0 Å². The molecule has 1 unspecified atom stereocenters. The van der Waals surface area contributed by atoms with Crippen molar-refractivity contribution >= 4 is 5.78 Å². The van der Waals surface area contributed by atoms with Crippen molar-refractivity contribution in [2.75, 3.05) is 0 Å². The highest BCUT2D eigenvalue weighted by Gasteiger charge is 2.47. The number of rotatable bonds is 3. The summed E-state index contributed by atoms with van der Waals surface area (Å²) in [6.45, 7) is 10.2. The second kappa shape index (κ2) is 4.19.